The Kier molecular flexibility index (Phi) is 2.77. The topological polar surface area (TPSA) is 32.9 Å². The molecule has 1 heterocycles. The van der Waals surface area contributed by atoms with Crippen LogP contribution in [0.5, 0.6) is 0 Å². The van der Waals surface area contributed by atoms with Crippen molar-refractivity contribution in [2.45, 2.75) is 32.6 Å². The summed E-state index contributed by atoms with van der Waals surface area (Å²) >= 11 is 0. The third-order valence-corrected chi connectivity index (χ3v) is 3.07. The number of ketones is 1. The number of nitrogens with one attached hydrogen (secondary N) is 1. The molecule has 0 amide bonds. The molecule has 0 atom stereocenters. The van der Waals surface area contributed by atoms with E-state index in [2.05, 4.69) is 4.98 Å². The minimum Gasteiger partial charge on any atom is -0.361 e. The molecule has 2 rings (SSSR count). The van der Waals surface area contributed by atoms with E-state index in [1.54, 1.807) is 19.2 Å². The Bertz CT molecular complexity index is 569. The van der Waals surface area contributed by atoms with Crippen molar-refractivity contribution < 1.29 is 9.18 Å². The van der Waals surface area contributed by atoms with Crippen molar-refractivity contribution in [2.24, 2.45) is 0 Å². The van der Waals surface area contributed by atoms with Crippen LogP contribution in [-0.4, -0.2) is 10.8 Å². The third kappa shape index (κ3) is 2.09. The zero-order valence-electron chi connectivity index (χ0n) is 10.3. The molecule has 0 spiro atoms. The Balaban J connectivity index is 2.59. The molecular weight excluding hydrogens is 217 g/mol. The lowest BCUT2D eigenvalue weighted by Gasteiger charge is -2.22. The molecule has 0 fully saturated rings. The summed E-state index contributed by atoms with van der Waals surface area (Å²) in [4.78, 5) is 14.3. The smallest absolute Gasteiger partial charge is 0.132 e. The quantitative estimate of drug-likeness (QED) is 0.863. The van der Waals surface area contributed by atoms with E-state index < -0.39 is 0 Å². The van der Waals surface area contributed by atoms with Crippen LogP contribution in [0.2, 0.25) is 0 Å². The van der Waals surface area contributed by atoms with E-state index in [-0.39, 0.29) is 17.0 Å². The molecule has 1 aromatic heterocycles. The molecule has 3 heteroatoms. The average Bonchev–Trinajstić information content (AvgIpc) is 2.61. The lowest BCUT2D eigenvalue weighted by molar-refractivity contribution is -0.118. The number of fused-ring (bicyclic) bond motifs is 1. The summed E-state index contributed by atoms with van der Waals surface area (Å²) in [6, 6.07) is 4.96. The van der Waals surface area contributed by atoms with Gasteiger partial charge in [-0.25, -0.2) is 4.39 Å². The van der Waals surface area contributed by atoms with Gasteiger partial charge in [0, 0.05) is 23.5 Å². The minimum atomic E-state index is -0.355. The number of rotatable bonds is 3. The molecule has 0 saturated carbocycles. The number of halogens is 1. The standard InChI is InChI=1S/C14H16FNO/c1-9(17)7-14(2,3)10-8-16-12-6-4-5-11(15)13(10)12/h4-6,8,16H,7H2,1-3H3. The molecular formula is C14H16FNO. The van der Waals surface area contributed by atoms with E-state index in [1.165, 1.54) is 6.07 Å². The number of H-pyrrole nitrogens is 1. The monoisotopic (exact) mass is 233 g/mol. The first-order chi connectivity index (χ1) is 7.92. The Morgan fingerprint density at radius 3 is 2.76 bits per heavy atom. The highest BCUT2D eigenvalue weighted by atomic mass is 19.1. The highest BCUT2D eigenvalue weighted by Gasteiger charge is 2.26. The van der Waals surface area contributed by atoms with Gasteiger partial charge in [0.25, 0.3) is 0 Å². The van der Waals surface area contributed by atoms with E-state index in [9.17, 15) is 9.18 Å². The first-order valence-corrected chi connectivity index (χ1v) is 5.67. The van der Waals surface area contributed by atoms with Gasteiger partial charge in [-0.05, 0) is 30.0 Å². The molecule has 0 aliphatic heterocycles. The highest BCUT2D eigenvalue weighted by molar-refractivity contribution is 5.86. The van der Waals surface area contributed by atoms with Gasteiger partial charge in [-0.1, -0.05) is 19.9 Å². The van der Waals surface area contributed by atoms with Crippen LogP contribution in [0.1, 0.15) is 32.8 Å². The van der Waals surface area contributed by atoms with Crippen LogP contribution in [0.25, 0.3) is 10.9 Å². The summed E-state index contributed by atoms with van der Waals surface area (Å²) in [7, 11) is 0. The largest absolute Gasteiger partial charge is 0.361 e. The number of hydrogen-bond acceptors (Lipinski definition) is 1. The van der Waals surface area contributed by atoms with Gasteiger partial charge in [-0.2, -0.15) is 0 Å². The summed E-state index contributed by atoms with van der Waals surface area (Å²) in [6.07, 6.45) is 2.21. The van der Waals surface area contributed by atoms with E-state index in [0.29, 0.717) is 11.8 Å². The molecule has 2 aromatic rings. The second-order valence-corrected chi connectivity index (χ2v) is 5.13. The van der Waals surface area contributed by atoms with E-state index in [4.69, 9.17) is 0 Å². The van der Waals surface area contributed by atoms with Crippen LogP contribution >= 0.6 is 0 Å². The highest BCUT2D eigenvalue weighted by Crippen LogP contribution is 2.34. The number of Topliss-reactive ketones (excluding diaryl/α,β-unsaturated/α-hetero) is 1. The molecule has 0 radical (unpaired) electrons. The fourth-order valence-corrected chi connectivity index (χ4v) is 2.39. The van der Waals surface area contributed by atoms with Crippen LogP contribution in [0.15, 0.2) is 24.4 Å². The van der Waals surface area contributed by atoms with Crippen LogP contribution in [0, 0.1) is 5.82 Å². The zero-order chi connectivity index (χ0) is 12.6. The second kappa shape index (κ2) is 3.99. The van der Waals surface area contributed by atoms with Gasteiger partial charge in [0.15, 0.2) is 0 Å². The molecule has 90 valence electrons. The minimum absolute atomic E-state index is 0.112. The molecule has 0 bridgehead atoms. The summed E-state index contributed by atoms with van der Waals surface area (Å²) < 4.78 is 13.8. The van der Waals surface area contributed by atoms with Crippen LogP contribution < -0.4 is 0 Å². The third-order valence-electron chi connectivity index (χ3n) is 3.07. The molecule has 0 saturated heterocycles. The average molecular weight is 233 g/mol. The van der Waals surface area contributed by atoms with Gasteiger partial charge in [-0.15, -0.1) is 0 Å². The van der Waals surface area contributed by atoms with E-state index in [0.717, 1.165) is 11.1 Å². The molecule has 0 aliphatic rings. The van der Waals surface area contributed by atoms with Crippen molar-refractivity contribution >= 4 is 16.7 Å². The number of benzene rings is 1. The summed E-state index contributed by atoms with van der Waals surface area (Å²) in [5.41, 5.74) is 1.28. The summed E-state index contributed by atoms with van der Waals surface area (Å²) in [6.45, 7) is 5.49. The number of hydrogen-bond donors (Lipinski definition) is 1. The maximum atomic E-state index is 13.8. The lowest BCUT2D eigenvalue weighted by Crippen LogP contribution is -2.20. The molecule has 2 nitrogen and oxygen atoms in total. The van der Waals surface area contributed by atoms with Gasteiger partial charge in [0.05, 0.1) is 0 Å². The molecule has 1 N–H and O–H groups in total. The predicted octanol–water partition coefficient (Wildman–Crippen LogP) is 3.56. The van der Waals surface area contributed by atoms with Crippen molar-refractivity contribution in [3.8, 4) is 0 Å². The van der Waals surface area contributed by atoms with Crippen molar-refractivity contribution in [3.63, 3.8) is 0 Å². The van der Waals surface area contributed by atoms with Crippen molar-refractivity contribution in [2.75, 3.05) is 0 Å². The fraction of sp³-hybridized carbons (Fsp3) is 0.357. The van der Waals surface area contributed by atoms with Crippen molar-refractivity contribution in [1.82, 2.24) is 4.98 Å². The maximum absolute atomic E-state index is 13.8. The summed E-state index contributed by atoms with van der Waals surface area (Å²) in [5, 5.41) is 0.596. The molecule has 17 heavy (non-hydrogen) atoms. The Morgan fingerprint density at radius 1 is 1.41 bits per heavy atom. The Morgan fingerprint density at radius 2 is 2.12 bits per heavy atom. The van der Waals surface area contributed by atoms with Gasteiger partial charge in [-0.3, -0.25) is 4.79 Å². The Hall–Kier alpha value is -1.64. The molecule has 0 unspecified atom stereocenters. The number of aromatic nitrogens is 1. The van der Waals surface area contributed by atoms with E-state index >= 15 is 0 Å². The predicted molar refractivity (Wildman–Crippen MR) is 66.6 cm³/mol. The first kappa shape index (κ1) is 11.8. The van der Waals surface area contributed by atoms with Crippen LogP contribution in [0.4, 0.5) is 4.39 Å². The Labute approximate surface area is 99.8 Å². The van der Waals surface area contributed by atoms with Crippen LogP contribution in [-0.2, 0) is 10.2 Å². The molecule has 1 aromatic carbocycles. The van der Waals surface area contributed by atoms with Gasteiger partial charge in [0.2, 0.25) is 0 Å². The lowest BCUT2D eigenvalue weighted by atomic mass is 9.80. The second-order valence-electron chi connectivity index (χ2n) is 5.13. The van der Waals surface area contributed by atoms with Crippen molar-refractivity contribution in [3.05, 3.63) is 35.8 Å². The van der Waals surface area contributed by atoms with Gasteiger partial charge < -0.3 is 4.98 Å². The summed E-state index contributed by atoms with van der Waals surface area (Å²) in [5.74, 6) is -0.129. The van der Waals surface area contributed by atoms with Crippen LogP contribution in [0.3, 0.4) is 0 Å². The SMILES string of the molecule is CC(=O)CC(C)(C)c1c[nH]c2cccc(F)c12. The zero-order valence-corrected chi connectivity index (χ0v) is 10.3. The van der Waals surface area contributed by atoms with Crippen molar-refractivity contribution in [1.29, 1.82) is 0 Å². The number of aromatic amines is 1. The number of carbonyl (C=O) groups excluding carboxylic acids is 1. The van der Waals surface area contributed by atoms with Gasteiger partial charge >= 0.3 is 0 Å². The fourth-order valence-electron chi connectivity index (χ4n) is 2.39. The maximum Gasteiger partial charge on any atom is 0.132 e. The van der Waals surface area contributed by atoms with Gasteiger partial charge in [0.1, 0.15) is 11.6 Å². The normalized spacial score (nSPS) is 12.0. The number of carbonyl (C=O) groups is 1. The van der Waals surface area contributed by atoms with E-state index in [1.807, 2.05) is 19.9 Å². The first-order valence-electron chi connectivity index (χ1n) is 5.67. The molecule has 0 aliphatic carbocycles.